The van der Waals surface area contributed by atoms with Crippen LogP contribution in [0.5, 0.6) is 5.75 Å². The number of carbonyl (C=O) groups excluding carboxylic acids is 2. The van der Waals surface area contributed by atoms with Crippen LogP contribution in [0.25, 0.3) is 0 Å². The first kappa shape index (κ1) is 22.5. The number of aromatic amines is 1. The summed E-state index contributed by atoms with van der Waals surface area (Å²) in [6.07, 6.45) is 0. The van der Waals surface area contributed by atoms with Crippen LogP contribution in [0.1, 0.15) is 42.3 Å². The summed E-state index contributed by atoms with van der Waals surface area (Å²) in [5.74, 6) is -0.625. The van der Waals surface area contributed by atoms with Crippen molar-refractivity contribution < 1.29 is 18.7 Å². The van der Waals surface area contributed by atoms with Crippen LogP contribution < -0.4 is 20.3 Å². The van der Waals surface area contributed by atoms with Gasteiger partial charge in [-0.1, -0.05) is 5.21 Å². The third-order valence-electron chi connectivity index (χ3n) is 5.55. The Kier molecular flexibility index (Phi) is 5.87. The molecule has 0 saturated heterocycles. The molecule has 4 aromatic rings. The lowest BCUT2D eigenvalue weighted by Crippen LogP contribution is -2.38. The van der Waals surface area contributed by atoms with Crippen molar-refractivity contribution in [1.29, 1.82) is 0 Å². The lowest BCUT2D eigenvalue weighted by molar-refractivity contribution is 0.0932. The topological polar surface area (TPSA) is 125 Å². The van der Waals surface area contributed by atoms with E-state index >= 15 is 0 Å². The van der Waals surface area contributed by atoms with Crippen molar-refractivity contribution in [3.05, 3.63) is 81.1 Å². The maximum atomic E-state index is 14.2. The Morgan fingerprint density at radius 2 is 2.03 bits per heavy atom. The number of nitrogens with one attached hydrogen (secondary N) is 3. The van der Waals surface area contributed by atoms with Gasteiger partial charge in [0.1, 0.15) is 17.6 Å². The second kappa shape index (κ2) is 9.14. The summed E-state index contributed by atoms with van der Waals surface area (Å²) in [6, 6.07) is 12.4. The predicted molar refractivity (Wildman–Crippen MR) is 127 cm³/mol. The molecule has 0 aliphatic carbocycles. The molecule has 2 aromatic carbocycles. The summed E-state index contributed by atoms with van der Waals surface area (Å²) >= 11 is 1.53. The number of nitrogens with zero attached hydrogens (tertiary/aromatic N) is 4. The summed E-state index contributed by atoms with van der Waals surface area (Å²) in [5.41, 5.74) is 1.27. The van der Waals surface area contributed by atoms with Gasteiger partial charge in [0.15, 0.2) is 6.73 Å². The molecule has 0 spiro atoms. The number of fused-ring (bicyclic) bond motifs is 1. The Morgan fingerprint density at radius 1 is 1.23 bits per heavy atom. The van der Waals surface area contributed by atoms with Crippen LogP contribution in [0.3, 0.4) is 0 Å². The summed E-state index contributed by atoms with van der Waals surface area (Å²) in [6.45, 7) is 1.93. The monoisotopic (exact) mass is 493 g/mol. The fourth-order valence-electron chi connectivity index (χ4n) is 3.73. The minimum atomic E-state index is -0.564. The minimum absolute atomic E-state index is 0.0379. The third-order valence-corrected chi connectivity index (χ3v) is 6.61. The molecular weight excluding hydrogens is 473 g/mol. The molecule has 2 aromatic heterocycles. The molecule has 5 rings (SSSR count). The molecule has 2 amide bonds. The van der Waals surface area contributed by atoms with Crippen molar-refractivity contribution in [3.8, 4) is 5.75 Å². The number of hydrogen-bond donors (Lipinski definition) is 3. The number of tetrazole rings is 1. The van der Waals surface area contributed by atoms with Crippen LogP contribution in [-0.4, -0.2) is 46.2 Å². The van der Waals surface area contributed by atoms with E-state index in [1.807, 2.05) is 19.1 Å². The van der Waals surface area contributed by atoms with E-state index in [0.717, 1.165) is 15.8 Å². The number of hydrogen-bond acceptors (Lipinski definition) is 8. The third kappa shape index (κ3) is 4.30. The molecule has 10 nitrogen and oxygen atoms in total. The normalized spacial score (nSPS) is 13.7. The van der Waals surface area contributed by atoms with E-state index in [0.29, 0.717) is 22.8 Å². The Balaban J connectivity index is 1.34. The summed E-state index contributed by atoms with van der Waals surface area (Å²) in [5, 5.41) is 19.7. The largest absolute Gasteiger partial charge is 0.472 e. The molecule has 12 heteroatoms. The van der Waals surface area contributed by atoms with Crippen LogP contribution in [0.4, 0.5) is 15.8 Å². The zero-order valence-corrected chi connectivity index (χ0v) is 19.5. The Morgan fingerprint density at radius 3 is 2.69 bits per heavy atom. The number of amides is 2. The number of H-pyrrole nitrogens is 1. The number of benzene rings is 2. The van der Waals surface area contributed by atoms with Crippen LogP contribution in [0.2, 0.25) is 0 Å². The predicted octanol–water partition coefficient (Wildman–Crippen LogP) is 3.27. The number of anilines is 2. The van der Waals surface area contributed by atoms with Crippen LogP contribution >= 0.6 is 11.3 Å². The highest BCUT2D eigenvalue weighted by Gasteiger charge is 2.29. The average molecular weight is 494 g/mol. The summed E-state index contributed by atoms with van der Waals surface area (Å²) in [7, 11) is 1.59. The lowest BCUT2D eigenvalue weighted by atomic mass is 10.1. The molecule has 3 heterocycles. The zero-order chi connectivity index (χ0) is 24.5. The molecule has 0 saturated carbocycles. The second-order valence-electron chi connectivity index (χ2n) is 7.76. The van der Waals surface area contributed by atoms with Gasteiger partial charge >= 0.3 is 0 Å². The van der Waals surface area contributed by atoms with Gasteiger partial charge in [-0.3, -0.25) is 14.5 Å². The molecule has 0 bridgehead atoms. The van der Waals surface area contributed by atoms with Crippen LogP contribution in [-0.2, 0) is 0 Å². The highest BCUT2D eigenvalue weighted by Crippen LogP contribution is 2.33. The highest BCUT2D eigenvalue weighted by atomic mass is 32.1. The number of carbonyl (C=O) groups is 2. The Labute approximate surface area is 203 Å². The van der Waals surface area contributed by atoms with Crippen molar-refractivity contribution in [2.45, 2.75) is 13.0 Å². The zero-order valence-electron chi connectivity index (χ0n) is 18.7. The van der Waals surface area contributed by atoms with Crippen molar-refractivity contribution in [2.24, 2.45) is 0 Å². The van der Waals surface area contributed by atoms with E-state index in [1.165, 1.54) is 22.3 Å². The molecule has 1 aliphatic heterocycles. The fourth-order valence-corrected chi connectivity index (χ4v) is 4.66. The first-order valence-corrected chi connectivity index (χ1v) is 11.4. The summed E-state index contributed by atoms with van der Waals surface area (Å²) in [4.78, 5) is 29.3. The SMILES string of the molecule is CNc1cc2c(cc1F)C(=O)N(c1ccc(C(=O)NC(c3nn[nH]n3)c3ccc(C)s3)cc1)CO2. The first-order valence-electron chi connectivity index (χ1n) is 10.6. The molecular formula is C23H20FN7O3S. The van der Waals surface area contributed by atoms with Gasteiger partial charge in [0.05, 0.1) is 11.3 Å². The quantitative estimate of drug-likeness (QED) is 0.376. The first-order chi connectivity index (χ1) is 16.9. The van der Waals surface area contributed by atoms with E-state index in [4.69, 9.17) is 4.74 Å². The number of halogens is 1. The number of aryl methyl sites for hydroxylation is 1. The van der Waals surface area contributed by atoms with E-state index in [9.17, 15) is 14.0 Å². The molecule has 1 atom stereocenters. The highest BCUT2D eigenvalue weighted by molar-refractivity contribution is 7.12. The van der Waals surface area contributed by atoms with Crippen molar-refractivity contribution in [1.82, 2.24) is 25.9 Å². The van der Waals surface area contributed by atoms with Gasteiger partial charge in [0, 0.05) is 34.1 Å². The molecule has 0 fully saturated rings. The van der Waals surface area contributed by atoms with Gasteiger partial charge in [-0.25, -0.2) is 4.39 Å². The minimum Gasteiger partial charge on any atom is -0.472 e. The smallest absolute Gasteiger partial charge is 0.264 e. The maximum absolute atomic E-state index is 14.2. The van der Waals surface area contributed by atoms with E-state index in [2.05, 4.69) is 31.3 Å². The van der Waals surface area contributed by atoms with Crippen molar-refractivity contribution >= 4 is 34.5 Å². The number of thiophene rings is 1. The lowest BCUT2D eigenvalue weighted by Gasteiger charge is -2.29. The molecule has 35 heavy (non-hydrogen) atoms. The van der Waals surface area contributed by atoms with Gasteiger partial charge in [-0.2, -0.15) is 5.21 Å². The molecule has 1 aliphatic rings. The average Bonchev–Trinajstić information content (AvgIpc) is 3.55. The van der Waals surface area contributed by atoms with E-state index < -0.39 is 17.8 Å². The van der Waals surface area contributed by atoms with Crippen LogP contribution in [0.15, 0.2) is 48.5 Å². The van der Waals surface area contributed by atoms with Gasteiger partial charge < -0.3 is 15.4 Å². The second-order valence-corrected chi connectivity index (χ2v) is 9.08. The van der Waals surface area contributed by atoms with Gasteiger partial charge in [0.25, 0.3) is 11.8 Å². The Bertz CT molecular complexity index is 1390. The standard InChI is InChI=1S/C23H20FN7O3S/c1-12-3-8-19(35-12)20(21-27-29-30-28-21)26-22(32)13-4-6-14(7-5-13)31-11-34-18-10-17(25-2)16(24)9-15(18)23(31)33/h3-10,20,25H,11H2,1-2H3,(H,26,32)(H,27,28,29,30). The maximum Gasteiger partial charge on any atom is 0.264 e. The number of ether oxygens (including phenoxy) is 1. The van der Waals surface area contributed by atoms with E-state index in [-0.39, 0.29) is 23.9 Å². The molecule has 3 N–H and O–H groups in total. The number of rotatable bonds is 6. The van der Waals surface area contributed by atoms with Gasteiger partial charge in [-0.05, 0) is 49.4 Å². The number of aromatic nitrogens is 4. The van der Waals surface area contributed by atoms with Gasteiger partial charge in [0.2, 0.25) is 5.82 Å². The molecule has 1 unspecified atom stereocenters. The summed E-state index contributed by atoms with van der Waals surface area (Å²) < 4.78 is 19.9. The molecule has 0 radical (unpaired) electrons. The Hall–Kier alpha value is -4.32. The van der Waals surface area contributed by atoms with E-state index in [1.54, 1.807) is 31.3 Å². The van der Waals surface area contributed by atoms with Crippen molar-refractivity contribution in [2.75, 3.05) is 24.0 Å². The fraction of sp³-hybridized carbons (Fsp3) is 0.174. The van der Waals surface area contributed by atoms with Crippen molar-refractivity contribution in [3.63, 3.8) is 0 Å². The van der Waals surface area contributed by atoms with Crippen LogP contribution in [0, 0.1) is 12.7 Å². The molecule has 178 valence electrons. The van der Waals surface area contributed by atoms with Gasteiger partial charge in [-0.15, -0.1) is 21.5 Å².